The fraction of sp³-hybridized carbons (Fsp3) is 0.519. The molecule has 38 heavy (non-hydrogen) atoms. The molecule has 0 saturated carbocycles. The molecule has 2 atom stereocenters. The lowest BCUT2D eigenvalue weighted by atomic mass is 9.87. The molecule has 1 spiro atoms. The monoisotopic (exact) mass is 552 g/mol. The van der Waals surface area contributed by atoms with Crippen LogP contribution < -0.4 is 0 Å². The first-order valence-corrected chi connectivity index (χ1v) is 14.3. The highest BCUT2D eigenvalue weighted by Crippen LogP contribution is 2.38. The molecule has 0 N–H and O–H groups in total. The van der Waals surface area contributed by atoms with Gasteiger partial charge in [0, 0.05) is 38.3 Å². The first-order chi connectivity index (χ1) is 18.1. The van der Waals surface area contributed by atoms with E-state index in [4.69, 9.17) is 9.47 Å². The van der Waals surface area contributed by atoms with Crippen LogP contribution in [0.4, 0.5) is 13.2 Å². The number of sulfone groups is 1. The Morgan fingerprint density at radius 2 is 1.74 bits per heavy atom. The van der Waals surface area contributed by atoms with Gasteiger partial charge in [-0.3, -0.25) is 9.69 Å². The van der Waals surface area contributed by atoms with Gasteiger partial charge in [0.15, 0.2) is 9.84 Å². The van der Waals surface area contributed by atoms with E-state index in [1.54, 1.807) is 21.9 Å². The predicted molar refractivity (Wildman–Crippen MR) is 133 cm³/mol. The molecular formula is C27H31F3N2O5S. The van der Waals surface area contributed by atoms with E-state index in [-0.39, 0.29) is 36.3 Å². The van der Waals surface area contributed by atoms with E-state index >= 15 is 0 Å². The number of morpholine rings is 1. The number of hydrogen-bond acceptors (Lipinski definition) is 6. The van der Waals surface area contributed by atoms with Gasteiger partial charge < -0.3 is 14.4 Å². The Kier molecular flexibility index (Phi) is 7.82. The lowest BCUT2D eigenvalue weighted by Gasteiger charge is -2.50. The number of hydrogen-bond donors (Lipinski definition) is 0. The van der Waals surface area contributed by atoms with Crippen LogP contribution in [0.1, 0.15) is 41.3 Å². The topological polar surface area (TPSA) is 76.2 Å². The number of likely N-dealkylation sites (tertiary alicyclic amines) is 1. The first-order valence-electron chi connectivity index (χ1n) is 12.8. The highest BCUT2D eigenvalue weighted by Gasteiger charge is 2.44. The van der Waals surface area contributed by atoms with E-state index in [2.05, 4.69) is 0 Å². The van der Waals surface area contributed by atoms with Crippen molar-refractivity contribution >= 4 is 15.7 Å². The van der Waals surface area contributed by atoms with Gasteiger partial charge in [0.1, 0.15) is 5.82 Å². The van der Waals surface area contributed by atoms with Crippen LogP contribution in [0.5, 0.6) is 0 Å². The van der Waals surface area contributed by atoms with Gasteiger partial charge in [-0.05, 0) is 61.2 Å². The highest BCUT2D eigenvalue weighted by molar-refractivity contribution is 7.92. The number of halogens is 3. The van der Waals surface area contributed by atoms with E-state index in [1.807, 2.05) is 0 Å². The normalized spacial score (nSPS) is 24.3. The Morgan fingerprint density at radius 3 is 2.34 bits per heavy atom. The molecule has 2 unspecified atom stereocenters. The van der Waals surface area contributed by atoms with E-state index < -0.39 is 33.2 Å². The van der Waals surface area contributed by atoms with Gasteiger partial charge in [0.25, 0.3) is 12.3 Å². The summed E-state index contributed by atoms with van der Waals surface area (Å²) in [7, 11) is -3.51. The SMILES string of the molecule is O=C(c1ccc(S(=O)(=O)C2CCOC2)cc1)N1CCC2(CC1)CN(CC(F)F)CC(c1ccc(F)cc1)O2. The molecule has 1 amide bonds. The number of benzene rings is 2. The van der Waals surface area contributed by atoms with Crippen molar-refractivity contribution in [1.29, 1.82) is 0 Å². The minimum absolute atomic E-state index is 0.170. The Balaban J connectivity index is 1.26. The maximum Gasteiger partial charge on any atom is 0.253 e. The zero-order valence-electron chi connectivity index (χ0n) is 20.9. The third-order valence-corrected chi connectivity index (χ3v) is 9.86. The van der Waals surface area contributed by atoms with Gasteiger partial charge in [-0.25, -0.2) is 21.6 Å². The van der Waals surface area contributed by atoms with E-state index in [9.17, 15) is 26.4 Å². The zero-order valence-corrected chi connectivity index (χ0v) is 21.7. The van der Waals surface area contributed by atoms with Crippen molar-refractivity contribution in [2.45, 2.75) is 47.5 Å². The number of carbonyl (C=O) groups is 1. The van der Waals surface area contributed by atoms with Gasteiger partial charge in [-0.1, -0.05) is 12.1 Å². The average molecular weight is 553 g/mol. The number of alkyl halides is 2. The molecular weight excluding hydrogens is 521 g/mol. The van der Waals surface area contributed by atoms with E-state index in [0.29, 0.717) is 51.1 Å². The van der Waals surface area contributed by atoms with Crippen molar-refractivity contribution in [2.75, 3.05) is 45.9 Å². The van der Waals surface area contributed by atoms with Gasteiger partial charge in [-0.2, -0.15) is 0 Å². The van der Waals surface area contributed by atoms with Crippen molar-refractivity contribution < 1.29 is 35.9 Å². The van der Waals surface area contributed by atoms with Crippen molar-refractivity contribution in [2.24, 2.45) is 0 Å². The lowest BCUT2D eigenvalue weighted by Crippen LogP contribution is -2.58. The molecule has 0 aliphatic carbocycles. The minimum Gasteiger partial charge on any atom is -0.380 e. The first kappa shape index (κ1) is 27.1. The molecule has 0 bridgehead atoms. The standard InChI is InChI=1S/C27H31F3N2O5S/c28-21-5-1-19(2-6-21)24-15-31(16-25(29)30)18-27(37-24)10-12-32(13-11-27)26(33)20-3-7-22(8-4-20)38(34,35)23-9-14-36-17-23/h1-8,23-25H,9-18H2. The number of amides is 1. The predicted octanol–water partition coefficient (Wildman–Crippen LogP) is 3.70. The van der Waals surface area contributed by atoms with Gasteiger partial charge in [0.2, 0.25) is 0 Å². The van der Waals surface area contributed by atoms with Crippen LogP contribution in [0.3, 0.4) is 0 Å². The Hall–Kier alpha value is -2.47. The molecule has 7 nitrogen and oxygen atoms in total. The highest BCUT2D eigenvalue weighted by atomic mass is 32.2. The number of ether oxygens (including phenoxy) is 2. The van der Waals surface area contributed by atoms with Crippen molar-refractivity contribution in [1.82, 2.24) is 9.80 Å². The summed E-state index contributed by atoms with van der Waals surface area (Å²) < 4.78 is 77.2. The molecule has 0 aromatic heterocycles. The molecule has 3 fully saturated rings. The number of carbonyl (C=O) groups excluding carboxylic acids is 1. The fourth-order valence-corrected chi connectivity index (χ4v) is 7.16. The fourth-order valence-electron chi connectivity index (χ4n) is 5.58. The average Bonchev–Trinajstić information content (AvgIpc) is 3.45. The summed E-state index contributed by atoms with van der Waals surface area (Å²) in [6.07, 6.45) is -1.59. The smallest absolute Gasteiger partial charge is 0.253 e. The van der Waals surface area contributed by atoms with Crippen LogP contribution in [0.25, 0.3) is 0 Å². The molecule has 206 valence electrons. The quantitative estimate of drug-likeness (QED) is 0.544. The summed E-state index contributed by atoms with van der Waals surface area (Å²) in [5.41, 5.74) is 0.405. The summed E-state index contributed by atoms with van der Waals surface area (Å²) in [6.45, 7) is 1.57. The molecule has 2 aromatic rings. The van der Waals surface area contributed by atoms with E-state index in [1.165, 1.54) is 36.4 Å². The maximum absolute atomic E-state index is 13.4. The second-order valence-corrected chi connectivity index (χ2v) is 12.5. The second-order valence-electron chi connectivity index (χ2n) is 10.3. The molecule has 5 rings (SSSR count). The van der Waals surface area contributed by atoms with Crippen molar-refractivity contribution in [3.63, 3.8) is 0 Å². The van der Waals surface area contributed by atoms with Crippen LogP contribution in [-0.2, 0) is 19.3 Å². The molecule has 3 heterocycles. The Bertz CT molecular complexity index is 1230. The summed E-state index contributed by atoms with van der Waals surface area (Å²) in [4.78, 5) is 16.7. The van der Waals surface area contributed by atoms with Crippen molar-refractivity contribution in [3.05, 3.63) is 65.5 Å². The Morgan fingerprint density at radius 1 is 1.05 bits per heavy atom. The molecule has 3 aliphatic rings. The molecule has 2 aromatic carbocycles. The summed E-state index contributed by atoms with van der Waals surface area (Å²) in [5.74, 6) is -0.600. The van der Waals surface area contributed by atoms with Crippen LogP contribution in [0.15, 0.2) is 53.4 Å². The summed E-state index contributed by atoms with van der Waals surface area (Å²) in [5, 5.41) is -0.568. The third-order valence-electron chi connectivity index (χ3n) is 7.68. The Labute approximate surface area is 220 Å². The summed E-state index contributed by atoms with van der Waals surface area (Å²) in [6, 6.07) is 11.9. The molecule has 11 heteroatoms. The molecule has 0 radical (unpaired) electrons. The van der Waals surface area contributed by atoms with Gasteiger partial charge in [0.05, 0.1) is 35.0 Å². The lowest BCUT2D eigenvalue weighted by molar-refractivity contribution is -0.180. The molecule has 3 saturated heterocycles. The maximum atomic E-state index is 13.4. The van der Waals surface area contributed by atoms with Crippen molar-refractivity contribution in [3.8, 4) is 0 Å². The summed E-state index contributed by atoms with van der Waals surface area (Å²) >= 11 is 0. The third kappa shape index (κ3) is 5.75. The number of nitrogens with zero attached hydrogens (tertiary/aromatic N) is 2. The van der Waals surface area contributed by atoms with Crippen LogP contribution in [-0.4, -0.2) is 87.3 Å². The van der Waals surface area contributed by atoms with E-state index in [0.717, 1.165) is 5.56 Å². The van der Waals surface area contributed by atoms with Crippen LogP contribution in [0, 0.1) is 5.82 Å². The van der Waals surface area contributed by atoms with Crippen LogP contribution in [0.2, 0.25) is 0 Å². The van der Waals surface area contributed by atoms with Gasteiger partial charge in [-0.15, -0.1) is 0 Å². The van der Waals surface area contributed by atoms with Gasteiger partial charge >= 0.3 is 0 Å². The number of piperidine rings is 1. The number of rotatable bonds is 6. The second kappa shape index (κ2) is 11.0. The zero-order chi connectivity index (χ0) is 26.9. The molecule has 3 aliphatic heterocycles. The minimum atomic E-state index is -3.51. The van der Waals surface area contributed by atoms with Crippen LogP contribution >= 0.6 is 0 Å². The largest absolute Gasteiger partial charge is 0.380 e.